The third-order valence-electron chi connectivity index (χ3n) is 5.45. The number of aryl methyl sites for hydroxylation is 1. The van der Waals surface area contributed by atoms with Crippen molar-refractivity contribution in [3.8, 4) is 11.1 Å². The van der Waals surface area contributed by atoms with E-state index in [0.717, 1.165) is 18.2 Å². The van der Waals surface area contributed by atoms with Gasteiger partial charge in [0.05, 0.1) is 24.0 Å². The van der Waals surface area contributed by atoms with Crippen molar-refractivity contribution < 1.29 is 22.4 Å². The number of pyridine rings is 1. The van der Waals surface area contributed by atoms with Crippen molar-refractivity contribution in [1.82, 2.24) is 14.8 Å². The van der Waals surface area contributed by atoms with E-state index < -0.39 is 30.0 Å². The molecule has 0 unspecified atom stereocenters. The molecule has 1 fully saturated rings. The van der Waals surface area contributed by atoms with Crippen molar-refractivity contribution in [1.29, 1.82) is 0 Å². The fraction of sp³-hybridized carbons (Fsp3) is 0.348. The summed E-state index contributed by atoms with van der Waals surface area (Å²) in [6.45, 7) is 4.83. The lowest BCUT2D eigenvalue weighted by atomic mass is 10.0. The van der Waals surface area contributed by atoms with Gasteiger partial charge in [0.2, 0.25) is 0 Å². The first-order valence-corrected chi connectivity index (χ1v) is 10.5. The fourth-order valence-electron chi connectivity index (χ4n) is 3.77. The summed E-state index contributed by atoms with van der Waals surface area (Å²) in [7, 11) is 0. The number of aromatic nitrogens is 3. The smallest absolute Gasteiger partial charge is 0.266 e. The van der Waals surface area contributed by atoms with Crippen molar-refractivity contribution in [3.63, 3.8) is 0 Å². The van der Waals surface area contributed by atoms with Gasteiger partial charge in [-0.1, -0.05) is 0 Å². The topological polar surface area (TPSA) is 63.1 Å². The largest absolute Gasteiger partial charge is 0.349 e. The molecule has 0 radical (unpaired) electrons. The Hall–Kier alpha value is -3.43. The molecule has 1 aliphatic rings. The molecule has 0 spiro atoms. The van der Waals surface area contributed by atoms with Crippen LogP contribution in [0.3, 0.4) is 0 Å². The van der Waals surface area contributed by atoms with Crippen LogP contribution in [-0.2, 0) is 0 Å². The minimum atomic E-state index is -2.92. The highest BCUT2D eigenvalue weighted by atomic mass is 19.3. The minimum Gasteiger partial charge on any atom is -0.349 e. The van der Waals surface area contributed by atoms with E-state index in [1.165, 1.54) is 17.2 Å². The van der Waals surface area contributed by atoms with E-state index in [9.17, 15) is 22.4 Å². The van der Waals surface area contributed by atoms with E-state index in [1.807, 2.05) is 13.8 Å². The molecule has 3 aromatic rings. The lowest BCUT2D eigenvalue weighted by Crippen LogP contribution is -2.27. The second-order valence-corrected chi connectivity index (χ2v) is 8.42. The van der Waals surface area contributed by atoms with Crippen LogP contribution in [0.25, 0.3) is 11.1 Å². The lowest BCUT2D eigenvalue weighted by molar-refractivity contribution is 0.0257. The number of nitrogens with zero attached hydrogens (tertiary/aromatic N) is 4. The minimum absolute atomic E-state index is 0.00266. The van der Waals surface area contributed by atoms with Gasteiger partial charge in [-0.3, -0.25) is 9.48 Å². The molecule has 1 aromatic carbocycles. The molecular formula is C23H23F4N5O. The maximum atomic E-state index is 14.7. The summed E-state index contributed by atoms with van der Waals surface area (Å²) in [6.07, 6.45) is 2.55. The summed E-state index contributed by atoms with van der Waals surface area (Å²) in [5, 5.41) is 6.83. The zero-order valence-corrected chi connectivity index (χ0v) is 18.4. The average molecular weight is 461 g/mol. The Bertz CT molecular complexity index is 1210. The quantitative estimate of drug-likeness (QED) is 0.530. The molecule has 10 heteroatoms. The van der Waals surface area contributed by atoms with Crippen LogP contribution in [0.4, 0.5) is 29.1 Å². The highest BCUT2D eigenvalue weighted by molar-refractivity contribution is 6.08. The number of hydrogen-bond acceptors (Lipinski definition) is 4. The molecule has 1 aliphatic heterocycles. The third-order valence-corrected chi connectivity index (χ3v) is 5.45. The highest BCUT2D eigenvalue weighted by Crippen LogP contribution is 2.40. The van der Waals surface area contributed by atoms with Crippen molar-refractivity contribution in [3.05, 3.63) is 59.6 Å². The molecule has 6 nitrogen and oxygen atoms in total. The molecule has 1 amide bonds. The van der Waals surface area contributed by atoms with E-state index in [-0.39, 0.29) is 47.2 Å². The zero-order valence-electron chi connectivity index (χ0n) is 18.4. The number of alkyl halides is 2. The predicted molar refractivity (Wildman–Crippen MR) is 117 cm³/mol. The van der Waals surface area contributed by atoms with Crippen LogP contribution < -0.4 is 10.2 Å². The van der Waals surface area contributed by atoms with Gasteiger partial charge in [0.25, 0.3) is 11.8 Å². The molecule has 3 heterocycles. The molecule has 1 saturated heterocycles. The Kier molecular flexibility index (Phi) is 5.85. The van der Waals surface area contributed by atoms with Crippen molar-refractivity contribution in [2.24, 2.45) is 0 Å². The Morgan fingerprint density at radius 1 is 1.18 bits per heavy atom. The SMILES string of the molecule is Cc1cc(-c2cc(F)ccc2F)c(NC(=O)c2cnn(C(C)C)c2)c(N2CCC(F)(F)C2)n1. The number of hydrogen-bond donors (Lipinski definition) is 1. The first-order valence-electron chi connectivity index (χ1n) is 10.5. The van der Waals surface area contributed by atoms with Gasteiger partial charge in [-0.05, 0) is 45.0 Å². The van der Waals surface area contributed by atoms with E-state index in [1.54, 1.807) is 17.8 Å². The molecule has 1 N–H and O–H groups in total. The number of anilines is 2. The van der Waals surface area contributed by atoms with Gasteiger partial charge >= 0.3 is 0 Å². The van der Waals surface area contributed by atoms with E-state index in [4.69, 9.17) is 0 Å². The molecule has 0 atom stereocenters. The summed E-state index contributed by atoms with van der Waals surface area (Å²) in [5.74, 6) is -4.81. The summed E-state index contributed by atoms with van der Waals surface area (Å²) in [5.41, 5.74) is 0.706. The average Bonchev–Trinajstić information content (AvgIpc) is 3.37. The Morgan fingerprint density at radius 2 is 1.94 bits per heavy atom. The molecule has 33 heavy (non-hydrogen) atoms. The van der Waals surface area contributed by atoms with E-state index in [2.05, 4.69) is 15.4 Å². The number of halogens is 4. The van der Waals surface area contributed by atoms with Crippen LogP contribution in [-0.4, -0.2) is 39.7 Å². The van der Waals surface area contributed by atoms with Crippen LogP contribution in [0.1, 0.15) is 42.4 Å². The van der Waals surface area contributed by atoms with Crippen molar-refractivity contribution in [2.75, 3.05) is 23.3 Å². The molecule has 2 aromatic heterocycles. The Labute approximate surface area is 188 Å². The molecule has 0 bridgehead atoms. The molecule has 174 valence electrons. The van der Waals surface area contributed by atoms with Crippen LogP contribution in [0.2, 0.25) is 0 Å². The van der Waals surface area contributed by atoms with Gasteiger partial charge < -0.3 is 10.2 Å². The summed E-state index contributed by atoms with van der Waals surface area (Å²) in [6, 6.07) is 4.46. The summed E-state index contributed by atoms with van der Waals surface area (Å²) < 4.78 is 58.2. The van der Waals surface area contributed by atoms with Gasteiger partial charge in [-0.2, -0.15) is 5.10 Å². The molecule has 0 aliphatic carbocycles. The molecular weight excluding hydrogens is 438 g/mol. The van der Waals surface area contributed by atoms with Crippen LogP contribution in [0.5, 0.6) is 0 Å². The first-order chi connectivity index (χ1) is 15.5. The van der Waals surface area contributed by atoms with E-state index >= 15 is 0 Å². The van der Waals surface area contributed by atoms with Crippen molar-refractivity contribution >= 4 is 17.4 Å². The first kappa shape index (κ1) is 22.8. The van der Waals surface area contributed by atoms with Gasteiger partial charge in [0, 0.05) is 42.0 Å². The number of nitrogens with one attached hydrogen (secondary N) is 1. The third kappa shape index (κ3) is 4.69. The van der Waals surface area contributed by atoms with Gasteiger partial charge in [0.1, 0.15) is 11.6 Å². The lowest BCUT2D eigenvalue weighted by Gasteiger charge is -2.24. The van der Waals surface area contributed by atoms with Crippen molar-refractivity contribution in [2.45, 2.75) is 39.2 Å². The van der Waals surface area contributed by atoms with Gasteiger partial charge in [-0.25, -0.2) is 22.5 Å². The maximum absolute atomic E-state index is 14.7. The number of rotatable bonds is 5. The predicted octanol–water partition coefficient (Wildman–Crippen LogP) is 5.21. The highest BCUT2D eigenvalue weighted by Gasteiger charge is 2.40. The Balaban J connectivity index is 1.84. The normalized spacial score (nSPS) is 15.3. The second-order valence-electron chi connectivity index (χ2n) is 8.42. The number of benzene rings is 1. The van der Waals surface area contributed by atoms with Crippen LogP contribution in [0.15, 0.2) is 36.7 Å². The monoisotopic (exact) mass is 461 g/mol. The maximum Gasteiger partial charge on any atom is 0.266 e. The van der Waals surface area contributed by atoms with Gasteiger partial charge in [0.15, 0.2) is 5.82 Å². The summed E-state index contributed by atoms with van der Waals surface area (Å²) >= 11 is 0. The van der Waals surface area contributed by atoms with E-state index in [0.29, 0.717) is 5.69 Å². The number of carbonyl (C=O) groups excluding carboxylic acids is 1. The van der Waals surface area contributed by atoms with Crippen LogP contribution >= 0.6 is 0 Å². The second kappa shape index (κ2) is 8.49. The standard InChI is InChI=1S/C23H23F4N5O/c1-13(2)32-11-15(10-28-32)22(33)30-20-18(17-9-16(24)4-5-19(17)25)8-14(3)29-21(20)31-7-6-23(26,27)12-31/h4-5,8-11,13H,6-7,12H2,1-3H3,(H,30,33). The molecule has 0 saturated carbocycles. The number of carbonyl (C=O) groups is 1. The van der Waals surface area contributed by atoms with Gasteiger partial charge in [-0.15, -0.1) is 0 Å². The van der Waals surface area contributed by atoms with Crippen LogP contribution in [0, 0.1) is 18.6 Å². The zero-order chi connectivity index (χ0) is 23.9. The summed E-state index contributed by atoms with van der Waals surface area (Å²) in [4.78, 5) is 18.8. The molecule has 4 rings (SSSR count). The number of amides is 1. The fourth-order valence-corrected chi connectivity index (χ4v) is 3.77. The Morgan fingerprint density at radius 3 is 2.58 bits per heavy atom.